The predicted molar refractivity (Wildman–Crippen MR) is 75.8 cm³/mol. The Morgan fingerprint density at radius 3 is 3.05 bits per heavy atom. The van der Waals surface area contributed by atoms with E-state index in [9.17, 15) is 10.2 Å². The number of aromatic hydroxyl groups is 2. The lowest BCUT2D eigenvalue weighted by Crippen LogP contribution is -2.49. The molecule has 0 bridgehead atoms. The van der Waals surface area contributed by atoms with E-state index in [0.717, 1.165) is 25.3 Å². The number of rotatable bonds is 4. The molecule has 5 heteroatoms. The Labute approximate surface area is 119 Å². The zero-order chi connectivity index (χ0) is 13.9. The summed E-state index contributed by atoms with van der Waals surface area (Å²) in [6, 6.07) is 5.54. The average molecular weight is 278 g/mol. The number of phenols is 2. The van der Waals surface area contributed by atoms with Gasteiger partial charge in [-0.05, 0) is 37.1 Å². The highest BCUT2D eigenvalue weighted by Gasteiger charge is 2.31. The second-order valence-corrected chi connectivity index (χ2v) is 5.70. The molecule has 2 heterocycles. The topological polar surface area (TPSA) is 65.0 Å². The first-order valence-electron chi connectivity index (χ1n) is 7.29. The zero-order valence-electron chi connectivity index (χ0n) is 11.6. The van der Waals surface area contributed by atoms with Gasteiger partial charge in [0.05, 0.1) is 12.7 Å². The average Bonchev–Trinajstić information content (AvgIpc) is 2.90. The van der Waals surface area contributed by atoms with Crippen molar-refractivity contribution in [1.82, 2.24) is 10.2 Å². The lowest BCUT2D eigenvalue weighted by atomic mass is 10.1. The molecule has 1 aromatic carbocycles. The summed E-state index contributed by atoms with van der Waals surface area (Å²) in [5.74, 6) is -0.150. The standard InChI is InChI=1S/C15H22N2O3/c18-14-4-3-11(6-15(14)19)7-16-8-13-9-17-5-1-2-12(17)10-20-13/h3-4,6,12-13,16,18-19H,1-2,5,7-10H2. The van der Waals surface area contributed by atoms with Crippen molar-refractivity contribution in [3.05, 3.63) is 23.8 Å². The number of fused-ring (bicyclic) bond motifs is 1. The molecule has 5 nitrogen and oxygen atoms in total. The Balaban J connectivity index is 1.44. The van der Waals surface area contributed by atoms with E-state index in [4.69, 9.17) is 4.74 Å². The largest absolute Gasteiger partial charge is 0.504 e. The van der Waals surface area contributed by atoms with E-state index < -0.39 is 0 Å². The molecule has 2 atom stereocenters. The van der Waals surface area contributed by atoms with E-state index in [2.05, 4.69) is 10.2 Å². The molecule has 1 aromatic rings. The minimum atomic E-state index is -0.0792. The van der Waals surface area contributed by atoms with Gasteiger partial charge in [0.1, 0.15) is 0 Å². The van der Waals surface area contributed by atoms with Gasteiger partial charge in [-0.1, -0.05) is 6.07 Å². The normalized spacial score (nSPS) is 26.6. The molecule has 110 valence electrons. The number of morpholine rings is 1. The third-order valence-electron chi connectivity index (χ3n) is 4.20. The van der Waals surface area contributed by atoms with Crippen LogP contribution < -0.4 is 5.32 Å². The summed E-state index contributed by atoms with van der Waals surface area (Å²) in [6.07, 6.45) is 2.81. The third kappa shape index (κ3) is 3.06. The minimum Gasteiger partial charge on any atom is -0.504 e. The summed E-state index contributed by atoms with van der Waals surface area (Å²) in [5.41, 5.74) is 0.954. The van der Waals surface area contributed by atoms with Crippen LogP contribution in [0.5, 0.6) is 11.5 Å². The van der Waals surface area contributed by atoms with E-state index in [1.54, 1.807) is 12.1 Å². The second-order valence-electron chi connectivity index (χ2n) is 5.70. The molecule has 2 aliphatic heterocycles. The summed E-state index contributed by atoms with van der Waals surface area (Å²) < 4.78 is 5.88. The van der Waals surface area contributed by atoms with Crippen molar-refractivity contribution in [2.75, 3.05) is 26.2 Å². The van der Waals surface area contributed by atoms with Gasteiger partial charge in [0.25, 0.3) is 0 Å². The van der Waals surface area contributed by atoms with Crippen LogP contribution in [0.4, 0.5) is 0 Å². The number of nitrogens with one attached hydrogen (secondary N) is 1. The monoisotopic (exact) mass is 278 g/mol. The van der Waals surface area contributed by atoms with Crippen LogP contribution in [0.3, 0.4) is 0 Å². The summed E-state index contributed by atoms with van der Waals surface area (Å²) >= 11 is 0. The molecule has 3 rings (SSSR count). The predicted octanol–water partition coefficient (Wildman–Crippen LogP) is 1.05. The van der Waals surface area contributed by atoms with Gasteiger partial charge < -0.3 is 20.3 Å². The van der Waals surface area contributed by atoms with E-state index in [0.29, 0.717) is 12.6 Å². The number of hydrogen-bond acceptors (Lipinski definition) is 5. The Bertz CT molecular complexity index is 466. The molecule has 2 aliphatic rings. The summed E-state index contributed by atoms with van der Waals surface area (Å²) in [5, 5.41) is 22.1. The van der Waals surface area contributed by atoms with E-state index in [1.807, 2.05) is 0 Å². The Morgan fingerprint density at radius 1 is 1.30 bits per heavy atom. The lowest BCUT2D eigenvalue weighted by molar-refractivity contribution is -0.0470. The first kappa shape index (κ1) is 13.7. The molecule has 0 aromatic heterocycles. The van der Waals surface area contributed by atoms with Crippen LogP contribution in [-0.2, 0) is 11.3 Å². The second kappa shape index (κ2) is 5.99. The van der Waals surface area contributed by atoms with E-state index in [1.165, 1.54) is 25.5 Å². The Morgan fingerprint density at radius 2 is 2.20 bits per heavy atom. The van der Waals surface area contributed by atoms with Crippen molar-refractivity contribution in [2.24, 2.45) is 0 Å². The molecule has 0 radical (unpaired) electrons. The van der Waals surface area contributed by atoms with Crippen LogP contribution in [0, 0.1) is 0 Å². The van der Waals surface area contributed by atoms with Crippen molar-refractivity contribution in [1.29, 1.82) is 0 Å². The summed E-state index contributed by atoms with van der Waals surface area (Å²) in [7, 11) is 0. The van der Waals surface area contributed by atoms with Crippen molar-refractivity contribution in [3.8, 4) is 11.5 Å². The molecule has 0 amide bonds. The molecule has 2 unspecified atom stereocenters. The zero-order valence-corrected chi connectivity index (χ0v) is 11.6. The first-order chi connectivity index (χ1) is 9.72. The fraction of sp³-hybridized carbons (Fsp3) is 0.600. The van der Waals surface area contributed by atoms with Crippen molar-refractivity contribution < 1.29 is 14.9 Å². The number of ether oxygens (including phenoxy) is 1. The number of hydrogen-bond donors (Lipinski definition) is 3. The highest BCUT2D eigenvalue weighted by molar-refractivity contribution is 5.40. The molecule has 0 aliphatic carbocycles. The summed E-state index contributed by atoms with van der Waals surface area (Å²) in [6.45, 7) is 4.54. The van der Waals surface area contributed by atoms with Gasteiger partial charge >= 0.3 is 0 Å². The Kier molecular flexibility index (Phi) is 4.10. The fourth-order valence-corrected chi connectivity index (χ4v) is 3.07. The van der Waals surface area contributed by atoms with Crippen molar-refractivity contribution in [3.63, 3.8) is 0 Å². The number of phenolic OH excluding ortho intramolecular Hbond substituents is 2. The fourth-order valence-electron chi connectivity index (χ4n) is 3.07. The van der Waals surface area contributed by atoms with Crippen LogP contribution >= 0.6 is 0 Å². The number of benzene rings is 1. The molecular weight excluding hydrogens is 256 g/mol. The maximum atomic E-state index is 9.44. The molecule has 0 saturated carbocycles. The molecule has 3 N–H and O–H groups in total. The maximum Gasteiger partial charge on any atom is 0.157 e. The molecule has 2 fully saturated rings. The van der Waals surface area contributed by atoms with Gasteiger partial charge in [0.2, 0.25) is 0 Å². The van der Waals surface area contributed by atoms with Crippen molar-refractivity contribution in [2.45, 2.75) is 31.5 Å². The van der Waals surface area contributed by atoms with Gasteiger partial charge in [-0.15, -0.1) is 0 Å². The van der Waals surface area contributed by atoms with Gasteiger partial charge in [-0.3, -0.25) is 4.90 Å². The van der Waals surface area contributed by atoms with Crippen LogP contribution in [0.25, 0.3) is 0 Å². The summed E-state index contributed by atoms with van der Waals surface area (Å²) in [4.78, 5) is 2.53. The maximum absolute atomic E-state index is 9.44. The smallest absolute Gasteiger partial charge is 0.157 e. The first-order valence-corrected chi connectivity index (χ1v) is 7.29. The van der Waals surface area contributed by atoms with Crippen molar-refractivity contribution >= 4 is 0 Å². The van der Waals surface area contributed by atoms with E-state index in [-0.39, 0.29) is 17.6 Å². The van der Waals surface area contributed by atoms with Gasteiger partial charge in [-0.25, -0.2) is 0 Å². The molecule has 0 spiro atoms. The molecule has 2 saturated heterocycles. The highest BCUT2D eigenvalue weighted by atomic mass is 16.5. The van der Waals surface area contributed by atoms with E-state index >= 15 is 0 Å². The highest BCUT2D eigenvalue weighted by Crippen LogP contribution is 2.25. The van der Waals surface area contributed by atoms with Gasteiger partial charge in [-0.2, -0.15) is 0 Å². The Hall–Kier alpha value is -1.30. The quantitative estimate of drug-likeness (QED) is 0.719. The minimum absolute atomic E-state index is 0.0712. The SMILES string of the molecule is Oc1ccc(CNCC2CN3CCCC3CO2)cc1O. The molecular formula is C15H22N2O3. The van der Waals surface area contributed by atoms with Gasteiger partial charge in [0.15, 0.2) is 11.5 Å². The van der Waals surface area contributed by atoms with Crippen LogP contribution in [-0.4, -0.2) is 53.5 Å². The molecule has 20 heavy (non-hydrogen) atoms. The number of nitrogens with zero attached hydrogens (tertiary/aromatic N) is 1. The van der Waals surface area contributed by atoms with Gasteiger partial charge in [0, 0.05) is 25.7 Å². The van der Waals surface area contributed by atoms with Crippen LogP contribution in [0.2, 0.25) is 0 Å². The van der Waals surface area contributed by atoms with Crippen LogP contribution in [0.1, 0.15) is 18.4 Å². The van der Waals surface area contributed by atoms with Crippen LogP contribution in [0.15, 0.2) is 18.2 Å². The third-order valence-corrected chi connectivity index (χ3v) is 4.20. The lowest BCUT2D eigenvalue weighted by Gasteiger charge is -2.35.